The number of methoxy groups -OCH3 is 1. The summed E-state index contributed by atoms with van der Waals surface area (Å²) in [4.78, 5) is 12.7. The van der Waals surface area contributed by atoms with Crippen LogP contribution in [0, 0.1) is 17.8 Å². The summed E-state index contributed by atoms with van der Waals surface area (Å²) >= 11 is 0. The predicted molar refractivity (Wildman–Crippen MR) is 112 cm³/mol. The van der Waals surface area contributed by atoms with E-state index in [-0.39, 0.29) is 24.0 Å². The fourth-order valence-corrected chi connectivity index (χ4v) is 7.14. The van der Waals surface area contributed by atoms with Crippen LogP contribution in [0.5, 0.6) is 0 Å². The SMILES string of the molecule is CO[C@]1(C)C(=O)NC2NCCC(C3NN(CC4(F)CCNCC4)C4CCCCC34)C21. The van der Waals surface area contributed by atoms with E-state index in [0.29, 0.717) is 37.3 Å². The zero-order valence-electron chi connectivity index (χ0n) is 18.4. The van der Waals surface area contributed by atoms with Gasteiger partial charge in [0, 0.05) is 31.7 Å². The monoisotopic (exact) mass is 423 g/mol. The molecule has 4 N–H and O–H groups in total. The second kappa shape index (κ2) is 7.96. The van der Waals surface area contributed by atoms with E-state index in [1.807, 2.05) is 6.92 Å². The molecule has 1 amide bonds. The van der Waals surface area contributed by atoms with Gasteiger partial charge in [-0.3, -0.25) is 15.5 Å². The van der Waals surface area contributed by atoms with Gasteiger partial charge in [0.1, 0.15) is 11.3 Å². The fourth-order valence-electron chi connectivity index (χ4n) is 7.14. The lowest BCUT2D eigenvalue weighted by Crippen LogP contribution is -2.59. The maximum absolute atomic E-state index is 15.6. The van der Waals surface area contributed by atoms with Crippen LogP contribution < -0.4 is 21.4 Å². The second-order valence-corrected chi connectivity index (χ2v) is 10.4. The van der Waals surface area contributed by atoms with Crippen molar-refractivity contribution in [2.45, 2.75) is 81.4 Å². The first-order valence-corrected chi connectivity index (χ1v) is 12.0. The Morgan fingerprint density at radius 1 is 1.13 bits per heavy atom. The Hall–Kier alpha value is -0.800. The smallest absolute Gasteiger partial charge is 0.253 e. The zero-order chi connectivity index (χ0) is 20.9. The number of ether oxygens (including phenoxy) is 1. The van der Waals surface area contributed by atoms with Crippen LogP contribution in [0.3, 0.4) is 0 Å². The van der Waals surface area contributed by atoms with Crippen molar-refractivity contribution in [3.63, 3.8) is 0 Å². The summed E-state index contributed by atoms with van der Waals surface area (Å²) in [5, 5.41) is 12.2. The molecule has 4 saturated heterocycles. The molecule has 0 aromatic heterocycles. The van der Waals surface area contributed by atoms with E-state index >= 15 is 4.39 Å². The Morgan fingerprint density at radius 3 is 2.67 bits per heavy atom. The first kappa shape index (κ1) is 21.1. The highest BCUT2D eigenvalue weighted by Gasteiger charge is 2.60. The number of hydrogen-bond acceptors (Lipinski definition) is 6. The van der Waals surface area contributed by atoms with Crippen LogP contribution >= 0.6 is 0 Å². The number of rotatable bonds is 4. The van der Waals surface area contributed by atoms with Gasteiger partial charge in [-0.25, -0.2) is 9.40 Å². The Balaban J connectivity index is 1.40. The van der Waals surface area contributed by atoms with E-state index in [0.717, 1.165) is 32.5 Å². The number of nitrogens with zero attached hydrogens (tertiary/aromatic N) is 1. The van der Waals surface area contributed by atoms with E-state index in [2.05, 4.69) is 26.4 Å². The standard InChI is InChI=1S/C22H38FN5O2/c1-21(30-2)17-15(7-10-25-19(17)26-20(21)29)18-14-5-3-4-6-16(14)28(27-18)13-22(23)8-11-24-12-9-22/h14-19,24-25,27H,3-13H2,1-2H3,(H,26,29)/t14?,15?,16?,17?,18?,19?,21-/m0/s1. The van der Waals surface area contributed by atoms with Crippen LogP contribution in [0.25, 0.3) is 0 Å². The van der Waals surface area contributed by atoms with Crippen molar-refractivity contribution >= 4 is 5.91 Å². The summed E-state index contributed by atoms with van der Waals surface area (Å²) in [5.41, 5.74) is 1.88. The van der Waals surface area contributed by atoms with Gasteiger partial charge in [-0.15, -0.1) is 0 Å². The number of carbonyl (C=O) groups excluding carboxylic acids is 1. The van der Waals surface area contributed by atoms with Crippen LogP contribution in [0.1, 0.15) is 51.9 Å². The van der Waals surface area contributed by atoms with Gasteiger partial charge >= 0.3 is 0 Å². The van der Waals surface area contributed by atoms with E-state index in [1.165, 1.54) is 19.3 Å². The van der Waals surface area contributed by atoms with Crippen molar-refractivity contribution in [1.82, 2.24) is 26.4 Å². The molecule has 30 heavy (non-hydrogen) atoms. The summed E-state index contributed by atoms with van der Waals surface area (Å²) < 4.78 is 21.4. The molecule has 5 aliphatic rings. The molecule has 5 rings (SSSR count). The second-order valence-electron chi connectivity index (χ2n) is 10.4. The molecule has 170 valence electrons. The first-order chi connectivity index (χ1) is 14.5. The average Bonchev–Trinajstić information content (AvgIpc) is 3.24. The fraction of sp³-hybridized carbons (Fsp3) is 0.955. The van der Waals surface area contributed by atoms with Crippen molar-refractivity contribution in [2.75, 3.05) is 33.3 Å². The third kappa shape index (κ3) is 3.39. The summed E-state index contributed by atoms with van der Waals surface area (Å²) in [6.45, 7) is 4.83. The Kier molecular flexibility index (Phi) is 5.59. The molecule has 0 spiro atoms. The first-order valence-electron chi connectivity index (χ1n) is 12.0. The Bertz CT molecular complexity index is 659. The van der Waals surface area contributed by atoms with E-state index in [1.54, 1.807) is 7.11 Å². The topological polar surface area (TPSA) is 77.7 Å². The van der Waals surface area contributed by atoms with Crippen LogP contribution in [0.4, 0.5) is 4.39 Å². The highest BCUT2D eigenvalue weighted by atomic mass is 19.1. The normalized spacial score (nSPS) is 46.3. The number of piperidine rings is 2. The van der Waals surface area contributed by atoms with Gasteiger partial charge in [-0.1, -0.05) is 12.8 Å². The molecule has 7 atom stereocenters. The molecule has 7 nitrogen and oxygen atoms in total. The number of fused-ring (bicyclic) bond motifs is 2. The maximum Gasteiger partial charge on any atom is 0.253 e. The highest BCUT2D eigenvalue weighted by molar-refractivity contribution is 5.88. The van der Waals surface area contributed by atoms with Gasteiger partial charge in [0.25, 0.3) is 5.91 Å². The Labute approximate surface area is 179 Å². The van der Waals surface area contributed by atoms with Gasteiger partial charge < -0.3 is 15.4 Å². The van der Waals surface area contributed by atoms with Gasteiger partial charge in [-0.05, 0) is 70.5 Å². The third-order valence-electron chi connectivity index (χ3n) is 8.83. The number of carbonyl (C=O) groups is 1. The molecule has 4 heterocycles. The van der Waals surface area contributed by atoms with E-state index < -0.39 is 11.3 Å². The van der Waals surface area contributed by atoms with E-state index in [9.17, 15) is 4.79 Å². The van der Waals surface area contributed by atoms with E-state index in [4.69, 9.17) is 4.74 Å². The number of hydrogen-bond donors (Lipinski definition) is 4. The minimum atomic E-state index is -1.11. The number of halogens is 1. The summed E-state index contributed by atoms with van der Waals surface area (Å²) in [7, 11) is 1.65. The summed E-state index contributed by atoms with van der Waals surface area (Å²) in [5.74, 6) is 0.887. The maximum atomic E-state index is 15.6. The largest absolute Gasteiger partial charge is 0.368 e. The highest BCUT2D eigenvalue weighted by Crippen LogP contribution is 2.47. The van der Waals surface area contributed by atoms with Crippen LogP contribution in [0.2, 0.25) is 0 Å². The lowest BCUT2D eigenvalue weighted by molar-refractivity contribution is -0.143. The lowest BCUT2D eigenvalue weighted by Gasteiger charge is -2.44. The Morgan fingerprint density at radius 2 is 1.90 bits per heavy atom. The van der Waals surface area contributed by atoms with Crippen molar-refractivity contribution < 1.29 is 13.9 Å². The molecule has 0 aromatic carbocycles. The molecule has 6 unspecified atom stereocenters. The zero-order valence-corrected chi connectivity index (χ0v) is 18.4. The number of hydrazine groups is 1. The number of amides is 1. The van der Waals surface area contributed by atoms with Crippen molar-refractivity contribution in [1.29, 1.82) is 0 Å². The van der Waals surface area contributed by atoms with Crippen molar-refractivity contribution in [3.8, 4) is 0 Å². The third-order valence-corrected chi connectivity index (χ3v) is 8.83. The van der Waals surface area contributed by atoms with Crippen LogP contribution in [0.15, 0.2) is 0 Å². The van der Waals surface area contributed by atoms with Crippen molar-refractivity contribution in [3.05, 3.63) is 0 Å². The minimum Gasteiger partial charge on any atom is -0.368 e. The number of nitrogens with one attached hydrogen (secondary N) is 4. The van der Waals surface area contributed by atoms with Gasteiger partial charge in [0.15, 0.2) is 0 Å². The number of alkyl halides is 1. The van der Waals surface area contributed by atoms with Gasteiger partial charge in [-0.2, -0.15) is 0 Å². The molecule has 1 saturated carbocycles. The summed E-state index contributed by atoms with van der Waals surface area (Å²) in [6.07, 6.45) is 6.94. The molecule has 8 heteroatoms. The van der Waals surface area contributed by atoms with Crippen LogP contribution in [-0.4, -0.2) is 73.7 Å². The van der Waals surface area contributed by atoms with Crippen molar-refractivity contribution in [2.24, 2.45) is 17.8 Å². The molecular weight excluding hydrogens is 385 g/mol. The molecule has 0 radical (unpaired) electrons. The molecule has 0 aromatic rings. The minimum absolute atomic E-state index is 0.0214. The summed E-state index contributed by atoms with van der Waals surface area (Å²) in [6, 6.07) is 0.677. The lowest BCUT2D eigenvalue weighted by atomic mass is 9.67. The quantitative estimate of drug-likeness (QED) is 0.539. The molecule has 0 bridgehead atoms. The molecule has 5 fully saturated rings. The molecule has 4 aliphatic heterocycles. The molecular formula is C22H38FN5O2. The van der Waals surface area contributed by atoms with Gasteiger partial charge in [0.2, 0.25) is 0 Å². The van der Waals surface area contributed by atoms with Crippen LogP contribution in [-0.2, 0) is 9.53 Å². The van der Waals surface area contributed by atoms with Gasteiger partial charge in [0.05, 0.1) is 6.17 Å². The average molecular weight is 424 g/mol. The molecule has 1 aliphatic carbocycles. The predicted octanol–water partition coefficient (Wildman–Crippen LogP) is 0.912.